The Hall–Kier alpha value is -2.13. The number of hydrogen-bond acceptors (Lipinski definition) is 7. The van der Waals surface area contributed by atoms with Gasteiger partial charge in [0.25, 0.3) is 5.91 Å². The molecule has 1 aromatic carbocycles. The van der Waals surface area contributed by atoms with Crippen molar-refractivity contribution >= 4 is 23.6 Å². The number of amides is 2. The molecule has 3 rings (SSSR count). The molecule has 0 saturated carbocycles. The Labute approximate surface area is 226 Å². The van der Waals surface area contributed by atoms with Crippen molar-refractivity contribution in [2.45, 2.75) is 82.7 Å². The van der Waals surface area contributed by atoms with Gasteiger partial charge in [-0.3, -0.25) is 9.59 Å². The van der Waals surface area contributed by atoms with Crippen molar-refractivity contribution in [3.05, 3.63) is 17.7 Å². The smallest absolute Gasteiger partial charge is 0.255 e. The van der Waals surface area contributed by atoms with Crippen molar-refractivity contribution < 1.29 is 23.8 Å². The first-order valence-corrected chi connectivity index (χ1v) is 14.8. The molecular formula is C28H45N3O5S. The van der Waals surface area contributed by atoms with Crippen LogP contribution >= 0.6 is 11.8 Å². The van der Waals surface area contributed by atoms with E-state index >= 15 is 0 Å². The number of nitrogens with zero attached hydrogens (tertiary/aromatic N) is 2. The van der Waals surface area contributed by atoms with Crippen LogP contribution in [-0.2, 0) is 4.79 Å². The van der Waals surface area contributed by atoms with Crippen molar-refractivity contribution in [1.29, 1.82) is 0 Å². The van der Waals surface area contributed by atoms with Crippen LogP contribution in [0.1, 0.15) is 75.6 Å². The zero-order valence-corrected chi connectivity index (χ0v) is 24.0. The third kappa shape index (κ3) is 7.47. The van der Waals surface area contributed by atoms with Gasteiger partial charge < -0.3 is 29.3 Å². The molecule has 3 unspecified atom stereocenters. The van der Waals surface area contributed by atoms with Crippen LogP contribution in [0.25, 0.3) is 0 Å². The fourth-order valence-corrected chi connectivity index (χ4v) is 6.74. The molecule has 2 saturated heterocycles. The lowest BCUT2D eigenvalue weighted by Gasteiger charge is -2.33. The van der Waals surface area contributed by atoms with E-state index in [0.717, 1.165) is 45.2 Å². The normalized spacial score (nSPS) is 22.1. The molecule has 2 fully saturated rings. The van der Waals surface area contributed by atoms with Gasteiger partial charge in [0.2, 0.25) is 11.7 Å². The Kier molecular flexibility index (Phi) is 11.7. The molecule has 37 heavy (non-hydrogen) atoms. The summed E-state index contributed by atoms with van der Waals surface area (Å²) in [6, 6.07) is 3.46. The van der Waals surface area contributed by atoms with Crippen LogP contribution in [0.5, 0.6) is 17.2 Å². The fraction of sp³-hybridized carbons (Fsp3) is 0.714. The van der Waals surface area contributed by atoms with Crippen molar-refractivity contribution in [2.24, 2.45) is 0 Å². The summed E-state index contributed by atoms with van der Waals surface area (Å²) >= 11 is 1.70. The number of methoxy groups -OCH3 is 3. The first-order valence-electron chi connectivity index (χ1n) is 13.7. The van der Waals surface area contributed by atoms with Crippen molar-refractivity contribution in [3.8, 4) is 17.2 Å². The molecule has 1 N–H and O–H groups in total. The van der Waals surface area contributed by atoms with Crippen molar-refractivity contribution in [3.63, 3.8) is 0 Å². The van der Waals surface area contributed by atoms with Crippen LogP contribution in [-0.4, -0.2) is 85.8 Å². The SMILES string of the molecule is CCCCCC1SCC(C(=O)NCCCN2CCCCC2C)N1C(=O)c1cc(OC)c(OC)c(OC)c1. The van der Waals surface area contributed by atoms with E-state index in [1.165, 1.54) is 40.6 Å². The molecule has 2 aliphatic heterocycles. The van der Waals surface area contributed by atoms with Crippen molar-refractivity contribution in [2.75, 3.05) is 46.7 Å². The van der Waals surface area contributed by atoms with E-state index in [9.17, 15) is 9.59 Å². The number of ether oxygens (including phenoxy) is 3. The second kappa shape index (κ2) is 14.7. The predicted molar refractivity (Wildman–Crippen MR) is 149 cm³/mol. The fourth-order valence-electron chi connectivity index (χ4n) is 5.28. The molecule has 0 radical (unpaired) electrons. The van der Waals surface area contributed by atoms with Gasteiger partial charge in [-0.2, -0.15) is 0 Å². The van der Waals surface area contributed by atoms with E-state index in [4.69, 9.17) is 14.2 Å². The third-order valence-corrected chi connectivity index (χ3v) is 8.81. The number of carbonyl (C=O) groups is 2. The largest absolute Gasteiger partial charge is 0.493 e. The van der Waals surface area contributed by atoms with Crippen LogP contribution in [0, 0.1) is 0 Å². The van der Waals surface area contributed by atoms with E-state index in [-0.39, 0.29) is 17.2 Å². The van der Waals surface area contributed by atoms with Gasteiger partial charge in [-0.05, 0) is 51.3 Å². The number of likely N-dealkylation sites (tertiary alicyclic amines) is 1. The van der Waals surface area contributed by atoms with E-state index in [1.54, 1.807) is 28.8 Å². The molecule has 8 nitrogen and oxygen atoms in total. The summed E-state index contributed by atoms with van der Waals surface area (Å²) in [7, 11) is 4.60. The maximum Gasteiger partial charge on any atom is 0.255 e. The van der Waals surface area contributed by atoms with Gasteiger partial charge in [0.15, 0.2) is 11.5 Å². The van der Waals surface area contributed by atoms with Crippen molar-refractivity contribution in [1.82, 2.24) is 15.1 Å². The zero-order valence-electron chi connectivity index (χ0n) is 23.2. The maximum absolute atomic E-state index is 13.9. The lowest BCUT2D eigenvalue weighted by Crippen LogP contribution is -2.50. The number of benzene rings is 1. The minimum Gasteiger partial charge on any atom is -0.493 e. The molecule has 2 amide bonds. The first-order chi connectivity index (χ1) is 17.9. The molecule has 2 aliphatic rings. The summed E-state index contributed by atoms with van der Waals surface area (Å²) in [4.78, 5) is 31.5. The number of thioether (sulfide) groups is 1. The number of carbonyl (C=O) groups excluding carboxylic acids is 2. The van der Waals surface area contributed by atoms with E-state index < -0.39 is 6.04 Å². The first kappa shape index (κ1) is 29.4. The molecule has 0 aromatic heterocycles. The van der Waals surface area contributed by atoms with Crippen LogP contribution in [0.15, 0.2) is 12.1 Å². The van der Waals surface area contributed by atoms with Gasteiger partial charge in [-0.15, -0.1) is 11.8 Å². The second-order valence-electron chi connectivity index (χ2n) is 9.95. The maximum atomic E-state index is 13.9. The summed E-state index contributed by atoms with van der Waals surface area (Å²) in [5.74, 6) is 1.63. The Morgan fingerprint density at radius 3 is 2.41 bits per heavy atom. The summed E-state index contributed by atoms with van der Waals surface area (Å²) in [6.45, 7) is 7.22. The Balaban J connectivity index is 1.72. The molecule has 1 aromatic rings. The number of hydrogen-bond donors (Lipinski definition) is 1. The second-order valence-corrected chi connectivity index (χ2v) is 11.2. The number of nitrogens with one attached hydrogen (secondary N) is 1. The monoisotopic (exact) mass is 535 g/mol. The molecule has 0 bridgehead atoms. The van der Waals surface area contributed by atoms with Crippen LogP contribution in [0.2, 0.25) is 0 Å². The van der Waals surface area contributed by atoms with Crippen LogP contribution < -0.4 is 19.5 Å². The van der Waals surface area contributed by atoms with E-state index in [2.05, 4.69) is 24.1 Å². The van der Waals surface area contributed by atoms with Crippen LogP contribution in [0.4, 0.5) is 0 Å². The molecule has 2 heterocycles. The van der Waals surface area contributed by atoms with Gasteiger partial charge in [0.1, 0.15) is 6.04 Å². The highest BCUT2D eigenvalue weighted by atomic mass is 32.2. The minimum atomic E-state index is -0.503. The molecule has 0 aliphatic carbocycles. The lowest BCUT2D eigenvalue weighted by molar-refractivity contribution is -0.124. The standard InChI is InChI=1S/C28H45N3O5S/c1-6-7-8-13-25-31(28(33)21-17-23(34-3)26(36-5)24(18-21)35-4)22(19-37-25)27(32)29-14-11-16-30-15-10-9-12-20(30)2/h17-18,20,22,25H,6-16,19H2,1-5H3,(H,29,32). The molecule has 208 valence electrons. The van der Waals surface area contributed by atoms with Gasteiger partial charge in [0.05, 0.1) is 26.7 Å². The number of unbranched alkanes of at least 4 members (excludes halogenated alkanes) is 2. The highest BCUT2D eigenvalue weighted by molar-refractivity contribution is 8.00. The van der Waals surface area contributed by atoms with Gasteiger partial charge in [0, 0.05) is 30.4 Å². The Morgan fingerprint density at radius 2 is 1.78 bits per heavy atom. The molecule has 9 heteroatoms. The van der Waals surface area contributed by atoms with Crippen LogP contribution in [0.3, 0.4) is 0 Å². The predicted octanol–water partition coefficient (Wildman–Crippen LogP) is 4.56. The van der Waals surface area contributed by atoms with Gasteiger partial charge in [-0.25, -0.2) is 0 Å². The van der Waals surface area contributed by atoms with Gasteiger partial charge >= 0.3 is 0 Å². The van der Waals surface area contributed by atoms with E-state index in [1.807, 2.05) is 0 Å². The summed E-state index contributed by atoms with van der Waals surface area (Å²) < 4.78 is 16.4. The number of rotatable bonds is 13. The topological polar surface area (TPSA) is 80.3 Å². The minimum absolute atomic E-state index is 0.0388. The van der Waals surface area contributed by atoms with Gasteiger partial charge in [-0.1, -0.05) is 32.6 Å². The third-order valence-electron chi connectivity index (χ3n) is 7.46. The van der Waals surface area contributed by atoms with E-state index in [0.29, 0.717) is 41.2 Å². The average Bonchev–Trinajstić information content (AvgIpc) is 3.34. The number of piperidine rings is 1. The lowest BCUT2D eigenvalue weighted by atomic mass is 10.0. The Morgan fingerprint density at radius 1 is 1.05 bits per heavy atom. The molecular weight excluding hydrogens is 490 g/mol. The highest BCUT2D eigenvalue weighted by Crippen LogP contribution is 2.40. The Bertz CT molecular complexity index is 874. The quantitative estimate of drug-likeness (QED) is 0.371. The summed E-state index contributed by atoms with van der Waals surface area (Å²) in [6.07, 6.45) is 8.84. The summed E-state index contributed by atoms with van der Waals surface area (Å²) in [5.41, 5.74) is 0.425. The molecule has 3 atom stereocenters. The molecule has 0 spiro atoms. The zero-order chi connectivity index (χ0) is 26.8. The average molecular weight is 536 g/mol. The summed E-state index contributed by atoms with van der Waals surface area (Å²) in [5, 5.41) is 3.09. The highest BCUT2D eigenvalue weighted by Gasteiger charge is 2.41.